The molecule has 24 heavy (non-hydrogen) atoms. The Labute approximate surface area is 139 Å². The van der Waals surface area contributed by atoms with Gasteiger partial charge in [-0.25, -0.2) is 9.78 Å². The maximum Gasteiger partial charge on any atom is 0.335 e. The fraction of sp³-hybridized carbons (Fsp3) is 0.529. The molecule has 7 heteroatoms. The zero-order valence-electron chi connectivity index (χ0n) is 13.6. The van der Waals surface area contributed by atoms with E-state index in [0.717, 1.165) is 38.1 Å². The monoisotopic (exact) mass is 331 g/mol. The van der Waals surface area contributed by atoms with Crippen molar-refractivity contribution in [2.75, 3.05) is 26.7 Å². The Morgan fingerprint density at radius 1 is 1.46 bits per heavy atom. The number of likely N-dealkylation sites (tertiary alicyclic amines) is 1. The third-order valence-electron chi connectivity index (χ3n) is 4.77. The summed E-state index contributed by atoms with van der Waals surface area (Å²) < 4.78 is 13.5. The predicted molar refractivity (Wildman–Crippen MR) is 87.6 cm³/mol. The van der Waals surface area contributed by atoms with Gasteiger partial charge in [0.15, 0.2) is 0 Å². The number of carboxylic acids is 1. The van der Waals surface area contributed by atoms with Crippen LogP contribution in [0.25, 0.3) is 11.0 Å². The number of aromatic nitrogens is 2. The number of carbonyl (C=O) groups is 1. The predicted octanol–water partition coefficient (Wildman–Crippen LogP) is 1.61. The van der Waals surface area contributed by atoms with Crippen LogP contribution < -0.4 is 4.74 Å². The molecular formula is C17H21N3O4. The van der Waals surface area contributed by atoms with Gasteiger partial charge in [-0.1, -0.05) is 0 Å². The zero-order chi connectivity index (χ0) is 16.7. The third kappa shape index (κ3) is 2.85. The second-order valence-corrected chi connectivity index (χ2v) is 6.62. The molecule has 0 bridgehead atoms. The van der Waals surface area contributed by atoms with Gasteiger partial charge in [-0.3, -0.25) is 0 Å². The molecule has 0 saturated carbocycles. The summed E-state index contributed by atoms with van der Waals surface area (Å²) in [6.07, 6.45) is 3.96. The fourth-order valence-electron chi connectivity index (χ4n) is 3.31. The molecule has 2 aromatic rings. The number of nitrogens with zero attached hydrogens (tertiary/aromatic N) is 3. The van der Waals surface area contributed by atoms with E-state index < -0.39 is 5.97 Å². The molecule has 7 nitrogen and oxygen atoms in total. The second kappa shape index (κ2) is 6.07. The van der Waals surface area contributed by atoms with Gasteiger partial charge in [-0.15, -0.1) is 0 Å². The minimum Gasteiger partial charge on any atom is -0.487 e. The molecule has 2 aliphatic rings. The Kier molecular flexibility index (Phi) is 3.90. The van der Waals surface area contributed by atoms with Crippen LogP contribution >= 0.6 is 0 Å². The number of fused-ring (bicyclic) bond motifs is 1. The van der Waals surface area contributed by atoms with Gasteiger partial charge in [0, 0.05) is 19.7 Å². The van der Waals surface area contributed by atoms with E-state index in [1.807, 2.05) is 4.57 Å². The van der Waals surface area contributed by atoms with Crippen molar-refractivity contribution < 1.29 is 19.4 Å². The first-order chi connectivity index (χ1) is 11.6. The lowest BCUT2D eigenvalue weighted by molar-refractivity contribution is -0.0586. The largest absolute Gasteiger partial charge is 0.487 e. The van der Waals surface area contributed by atoms with Gasteiger partial charge in [0.1, 0.15) is 17.4 Å². The van der Waals surface area contributed by atoms with Gasteiger partial charge in [-0.2, -0.15) is 0 Å². The number of rotatable bonds is 5. The summed E-state index contributed by atoms with van der Waals surface area (Å²) in [7, 11) is 2.06. The molecule has 0 spiro atoms. The highest BCUT2D eigenvalue weighted by atomic mass is 16.5. The van der Waals surface area contributed by atoms with Crippen molar-refractivity contribution in [1.82, 2.24) is 14.5 Å². The van der Waals surface area contributed by atoms with Crippen molar-refractivity contribution in [3.8, 4) is 5.75 Å². The van der Waals surface area contributed by atoms with Gasteiger partial charge in [0.25, 0.3) is 0 Å². The smallest absolute Gasteiger partial charge is 0.335 e. The van der Waals surface area contributed by atoms with Crippen LogP contribution in [0.15, 0.2) is 18.5 Å². The first kappa shape index (κ1) is 15.4. The lowest BCUT2D eigenvalue weighted by Gasteiger charge is -2.26. The third-order valence-corrected chi connectivity index (χ3v) is 4.77. The topological polar surface area (TPSA) is 76.8 Å². The number of likely N-dealkylation sites (N-methyl/N-ethyl adjacent to an activating group) is 1. The molecular weight excluding hydrogens is 310 g/mol. The average molecular weight is 331 g/mol. The quantitative estimate of drug-likeness (QED) is 0.897. The fourth-order valence-corrected chi connectivity index (χ4v) is 3.31. The second-order valence-electron chi connectivity index (χ2n) is 6.62. The lowest BCUT2D eigenvalue weighted by atomic mass is 10.1. The maximum atomic E-state index is 11.5. The summed E-state index contributed by atoms with van der Waals surface area (Å²) in [5, 5.41) is 9.42. The summed E-state index contributed by atoms with van der Waals surface area (Å²) in [6.45, 7) is 3.31. The van der Waals surface area contributed by atoms with Gasteiger partial charge >= 0.3 is 5.97 Å². The summed E-state index contributed by atoms with van der Waals surface area (Å²) in [5.74, 6) is -0.406. The molecule has 4 rings (SSSR count). The van der Waals surface area contributed by atoms with E-state index in [4.69, 9.17) is 9.47 Å². The molecule has 0 radical (unpaired) electrons. The van der Waals surface area contributed by atoms with E-state index in [1.165, 1.54) is 0 Å². The molecule has 128 valence electrons. The highest BCUT2D eigenvalue weighted by Gasteiger charge is 2.24. The number of hydrogen-bond donors (Lipinski definition) is 1. The molecule has 2 aliphatic heterocycles. The lowest BCUT2D eigenvalue weighted by Crippen LogP contribution is -2.30. The normalized spacial score (nSPS) is 24.2. The van der Waals surface area contributed by atoms with E-state index in [9.17, 15) is 9.90 Å². The van der Waals surface area contributed by atoms with Crippen LogP contribution in [0.5, 0.6) is 5.75 Å². The minimum atomic E-state index is -0.960. The summed E-state index contributed by atoms with van der Waals surface area (Å²) >= 11 is 0. The SMILES string of the molecule is CN1CCC(Oc2cc(C(=O)O)cc3c2ncn3C[C@@H]2CCO2)C1. The first-order valence-electron chi connectivity index (χ1n) is 8.29. The molecule has 0 amide bonds. The van der Waals surface area contributed by atoms with Crippen molar-refractivity contribution in [2.24, 2.45) is 0 Å². The molecule has 2 saturated heterocycles. The Morgan fingerprint density at radius 2 is 2.29 bits per heavy atom. The molecule has 3 heterocycles. The number of ether oxygens (including phenoxy) is 2. The Bertz CT molecular complexity index is 769. The Hall–Kier alpha value is -2.12. The molecule has 2 atom stereocenters. The molecule has 1 aromatic heterocycles. The number of imidazole rings is 1. The van der Waals surface area contributed by atoms with E-state index >= 15 is 0 Å². The molecule has 2 fully saturated rings. The van der Waals surface area contributed by atoms with Crippen LogP contribution in [-0.2, 0) is 11.3 Å². The van der Waals surface area contributed by atoms with Gasteiger partial charge in [0.05, 0.1) is 30.1 Å². The summed E-state index contributed by atoms with van der Waals surface area (Å²) in [6, 6.07) is 3.25. The van der Waals surface area contributed by atoms with Gasteiger partial charge in [-0.05, 0) is 32.0 Å². The molecule has 1 aromatic carbocycles. The van der Waals surface area contributed by atoms with E-state index in [2.05, 4.69) is 16.9 Å². The number of hydrogen-bond acceptors (Lipinski definition) is 5. The molecule has 1 unspecified atom stereocenters. The maximum absolute atomic E-state index is 11.5. The van der Waals surface area contributed by atoms with Crippen molar-refractivity contribution >= 4 is 17.0 Å². The van der Waals surface area contributed by atoms with Crippen molar-refractivity contribution in [2.45, 2.75) is 31.6 Å². The highest BCUT2D eigenvalue weighted by molar-refractivity contribution is 5.95. The molecule has 0 aliphatic carbocycles. The van der Waals surface area contributed by atoms with E-state index in [0.29, 0.717) is 17.8 Å². The van der Waals surface area contributed by atoms with Crippen LogP contribution in [0.4, 0.5) is 0 Å². The highest BCUT2D eigenvalue weighted by Crippen LogP contribution is 2.30. The van der Waals surface area contributed by atoms with Gasteiger partial charge < -0.3 is 24.0 Å². The van der Waals surface area contributed by atoms with Gasteiger partial charge in [0.2, 0.25) is 0 Å². The van der Waals surface area contributed by atoms with Crippen molar-refractivity contribution in [3.05, 3.63) is 24.0 Å². The standard InChI is InChI=1S/C17H21N3O4/c1-19-4-2-13(8-19)24-15-7-11(17(21)22)6-14-16(15)18-10-20(14)9-12-3-5-23-12/h6-7,10,12-13H,2-5,8-9H2,1H3,(H,21,22)/t12-,13?/m0/s1. The Balaban J connectivity index is 1.69. The van der Waals surface area contributed by atoms with Crippen LogP contribution in [0, 0.1) is 0 Å². The number of benzene rings is 1. The van der Waals surface area contributed by atoms with Crippen molar-refractivity contribution in [3.63, 3.8) is 0 Å². The van der Waals surface area contributed by atoms with Crippen LogP contribution in [0.2, 0.25) is 0 Å². The zero-order valence-corrected chi connectivity index (χ0v) is 13.6. The van der Waals surface area contributed by atoms with E-state index in [-0.39, 0.29) is 17.8 Å². The summed E-state index contributed by atoms with van der Waals surface area (Å²) in [5.41, 5.74) is 1.72. The summed E-state index contributed by atoms with van der Waals surface area (Å²) in [4.78, 5) is 18.2. The Morgan fingerprint density at radius 3 is 2.92 bits per heavy atom. The molecule has 1 N–H and O–H groups in total. The number of carboxylic acid groups (broad SMARTS) is 1. The van der Waals surface area contributed by atoms with E-state index in [1.54, 1.807) is 18.5 Å². The van der Waals surface area contributed by atoms with Crippen LogP contribution in [0.3, 0.4) is 0 Å². The van der Waals surface area contributed by atoms with Crippen LogP contribution in [0.1, 0.15) is 23.2 Å². The first-order valence-corrected chi connectivity index (χ1v) is 8.29. The minimum absolute atomic E-state index is 0.0716. The average Bonchev–Trinajstić information content (AvgIpc) is 3.09. The van der Waals surface area contributed by atoms with Crippen molar-refractivity contribution in [1.29, 1.82) is 0 Å². The number of aromatic carboxylic acids is 1. The van der Waals surface area contributed by atoms with Crippen LogP contribution in [-0.4, -0.2) is 64.5 Å².